The van der Waals surface area contributed by atoms with E-state index in [1.165, 1.54) is 0 Å². The highest BCUT2D eigenvalue weighted by Crippen LogP contribution is 2.31. The number of anilines is 1. The van der Waals surface area contributed by atoms with Crippen molar-refractivity contribution >= 4 is 17.6 Å². The fraction of sp³-hybridized carbons (Fsp3) is 0.364. The molecule has 2 aromatic rings. The van der Waals surface area contributed by atoms with Gasteiger partial charge in [-0.15, -0.1) is 0 Å². The molecular formula is C22H25N3O4. The van der Waals surface area contributed by atoms with Gasteiger partial charge >= 0.3 is 5.97 Å². The average molecular weight is 395 g/mol. The summed E-state index contributed by atoms with van der Waals surface area (Å²) < 4.78 is 10.9. The molecule has 29 heavy (non-hydrogen) atoms. The van der Waals surface area contributed by atoms with Gasteiger partial charge < -0.3 is 14.8 Å². The van der Waals surface area contributed by atoms with Crippen LogP contribution in [0.2, 0.25) is 0 Å². The SMILES string of the molecule is CCOC(=O)CC1CCc2cc(NC(=O)c3ccc(CN=NC)cc3)ccc2O1. The Morgan fingerprint density at radius 1 is 1.21 bits per heavy atom. The molecule has 0 fully saturated rings. The zero-order valence-corrected chi connectivity index (χ0v) is 16.7. The Labute approximate surface area is 170 Å². The van der Waals surface area contributed by atoms with Crippen molar-refractivity contribution in [2.45, 2.75) is 38.8 Å². The molecule has 7 heteroatoms. The van der Waals surface area contributed by atoms with E-state index in [4.69, 9.17) is 9.47 Å². The third kappa shape index (κ3) is 5.63. The number of hydrogen-bond donors (Lipinski definition) is 1. The predicted molar refractivity (Wildman–Crippen MR) is 109 cm³/mol. The van der Waals surface area contributed by atoms with E-state index in [1.807, 2.05) is 24.3 Å². The molecule has 1 amide bonds. The van der Waals surface area contributed by atoms with Crippen molar-refractivity contribution in [3.63, 3.8) is 0 Å². The van der Waals surface area contributed by atoms with E-state index >= 15 is 0 Å². The van der Waals surface area contributed by atoms with Gasteiger partial charge in [-0.05, 0) is 61.2 Å². The van der Waals surface area contributed by atoms with Crippen molar-refractivity contribution in [1.29, 1.82) is 0 Å². The highest BCUT2D eigenvalue weighted by molar-refractivity contribution is 6.04. The predicted octanol–water partition coefficient (Wildman–Crippen LogP) is 4.17. The first kappa shape index (κ1) is 20.5. The Morgan fingerprint density at radius 2 is 2.00 bits per heavy atom. The van der Waals surface area contributed by atoms with Crippen LogP contribution in [-0.2, 0) is 22.5 Å². The maximum atomic E-state index is 12.5. The van der Waals surface area contributed by atoms with Crippen LogP contribution in [0, 0.1) is 0 Å². The van der Waals surface area contributed by atoms with Gasteiger partial charge in [-0.1, -0.05) is 12.1 Å². The lowest BCUT2D eigenvalue weighted by Gasteiger charge is -2.26. The van der Waals surface area contributed by atoms with Crippen molar-refractivity contribution in [2.75, 3.05) is 19.0 Å². The van der Waals surface area contributed by atoms with E-state index < -0.39 is 0 Å². The highest BCUT2D eigenvalue weighted by Gasteiger charge is 2.23. The van der Waals surface area contributed by atoms with Crippen LogP contribution in [0.3, 0.4) is 0 Å². The molecule has 1 aliphatic rings. The Bertz CT molecular complexity index is 893. The van der Waals surface area contributed by atoms with Gasteiger partial charge in [0, 0.05) is 18.3 Å². The third-order valence-corrected chi connectivity index (χ3v) is 4.66. The number of rotatable bonds is 7. The molecule has 0 radical (unpaired) electrons. The Hall–Kier alpha value is -3.22. The van der Waals surface area contributed by atoms with Gasteiger partial charge in [0.25, 0.3) is 5.91 Å². The van der Waals surface area contributed by atoms with Gasteiger partial charge in [-0.3, -0.25) is 9.59 Å². The standard InChI is InChI=1S/C22H25N3O4/c1-3-28-21(26)13-19-10-8-17-12-18(9-11-20(17)29-19)25-22(27)16-6-4-15(5-7-16)14-24-23-2/h4-7,9,11-12,19H,3,8,10,13-14H2,1-2H3,(H,25,27). The minimum Gasteiger partial charge on any atom is -0.490 e. The Morgan fingerprint density at radius 3 is 2.72 bits per heavy atom. The number of carbonyl (C=O) groups is 2. The maximum absolute atomic E-state index is 12.5. The molecule has 1 unspecified atom stereocenters. The van der Waals surface area contributed by atoms with Crippen molar-refractivity contribution in [2.24, 2.45) is 10.2 Å². The fourth-order valence-electron chi connectivity index (χ4n) is 3.19. The van der Waals surface area contributed by atoms with Crippen LogP contribution in [-0.4, -0.2) is 31.6 Å². The number of aryl methyl sites for hydroxylation is 1. The van der Waals surface area contributed by atoms with Crippen LogP contribution >= 0.6 is 0 Å². The van der Waals surface area contributed by atoms with Gasteiger partial charge in [-0.25, -0.2) is 0 Å². The molecule has 0 aromatic heterocycles. The quantitative estimate of drug-likeness (QED) is 0.563. The molecule has 0 bridgehead atoms. The van der Waals surface area contributed by atoms with Crippen LogP contribution in [0.1, 0.15) is 41.3 Å². The van der Waals surface area contributed by atoms with E-state index in [0.717, 1.165) is 29.7 Å². The average Bonchev–Trinajstić information content (AvgIpc) is 2.73. The maximum Gasteiger partial charge on any atom is 0.309 e. The summed E-state index contributed by atoms with van der Waals surface area (Å²) in [6.45, 7) is 2.66. The molecule has 3 rings (SSSR count). The summed E-state index contributed by atoms with van der Waals surface area (Å²) in [7, 11) is 1.63. The van der Waals surface area contributed by atoms with Crippen molar-refractivity contribution in [3.8, 4) is 5.75 Å². The molecule has 0 saturated carbocycles. The van der Waals surface area contributed by atoms with Gasteiger partial charge in [0.2, 0.25) is 0 Å². The van der Waals surface area contributed by atoms with Gasteiger partial charge in [0.05, 0.1) is 19.6 Å². The molecule has 2 aromatic carbocycles. The van der Waals surface area contributed by atoms with E-state index in [0.29, 0.717) is 24.4 Å². The molecular weight excluding hydrogens is 370 g/mol. The number of benzene rings is 2. The number of amides is 1. The largest absolute Gasteiger partial charge is 0.490 e. The zero-order chi connectivity index (χ0) is 20.6. The number of azo groups is 1. The van der Waals surface area contributed by atoms with E-state index in [9.17, 15) is 9.59 Å². The van der Waals surface area contributed by atoms with Crippen LogP contribution in [0.15, 0.2) is 52.7 Å². The molecule has 152 valence electrons. The number of ether oxygens (including phenoxy) is 2. The molecule has 1 heterocycles. The number of nitrogens with zero attached hydrogens (tertiary/aromatic N) is 2. The van der Waals surface area contributed by atoms with Crippen LogP contribution in [0.5, 0.6) is 5.75 Å². The van der Waals surface area contributed by atoms with Gasteiger partial charge in [0.15, 0.2) is 0 Å². The second-order valence-corrected chi connectivity index (χ2v) is 6.76. The summed E-state index contributed by atoms with van der Waals surface area (Å²) in [5.74, 6) is 0.331. The summed E-state index contributed by atoms with van der Waals surface area (Å²) in [4.78, 5) is 24.2. The zero-order valence-electron chi connectivity index (χ0n) is 16.7. The van der Waals surface area contributed by atoms with E-state index in [-0.39, 0.29) is 24.4 Å². The summed E-state index contributed by atoms with van der Waals surface area (Å²) in [6.07, 6.45) is 1.60. The lowest BCUT2D eigenvalue weighted by Crippen LogP contribution is -2.26. The monoisotopic (exact) mass is 395 g/mol. The van der Waals surface area contributed by atoms with Crippen LogP contribution < -0.4 is 10.1 Å². The molecule has 0 saturated heterocycles. The second-order valence-electron chi connectivity index (χ2n) is 6.76. The minimum absolute atomic E-state index is 0.173. The minimum atomic E-state index is -0.242. The van der Waals surface area contributed by atoms with Crippen molar-refractivity contribution < 1.29 is 19.1 Å². The summed E-state index contributed by atoms with van der Waals surface area (Å²) in [5, 5.41) is 10.6. The second kappa shape index (κ2) is 9.82. The first-order valence-corrected chi connectivity index (χ1v) is 9.70. The van der Waals surface area contributed by atoms with Gasteiger partial charge in [-0.2, -0.15) is 10.2 Å². The Kier molecular flexibility index (Phi) is 6.94. The highest BCUT2D eigenvalue weighted by atomic mass is 16.5. The summed E-state index contributed by atoms with van der Waals surface area (Å²) >= 11 is 0. The molecule has 1 N–H and O–H groups in total. The van der Waals surface area contributed by atoms with E-state index in [1.54, 1.807) is 32.2 Å². The molecule has 0 aliphatic carbocycles. The lowest BCUT2D eigenvalue weighted by molar-refractivity contribution is -0.145. The number of carbonyl (C=O) groups excluding carboxylic acids is 2. The van der Waals surface area contributed by atoms with Gasteiger partial charge in [0.1, 0.15) is 11.9 Å². The first-order chi connectivity index (χ1) is 14.1. The lowest BCUT2D eigenvalue weighted by atomic mass is 10.00. The molecule has 1 atom stereocenters. The molecule has 0 spiro atoms. The number of nitrogens with one attached hydrogen (secondary N) is 1. The smallest absolute Gasteiger partial charge is 0.309 e. The Balaban J connectivity index is 1.60. The summed E-state index contributed by atoms with van der Waals surface area (Å²) in [6, 6.07) is 12.8. The number of hydrogen-bond acceptors (Lipinski definition) is 6. The molecule has 7 nitrogen and oxygen atoms in total. The summed E-state index contributed by atoms with van der Waals surface area (Å²) in [5.41, 5.74) is 3.30. The van der Waals surface area contributed by atoms with Crippen molar-refractivity contribution in [1.82, 2.24) is 0 Å². The van der Waals surface area contributed by atoms with Crippen LogP contribution in [0.25, 0.3) is 0 Å². The number of esters is 1. The topological polar surface area (TPSA) is 89.3 Å². The number of fused-ring (bicyclic) bond motifs is 1. The van der Waals surface area contributed by atoms with E-state index in [2.05, 4.69) is 15.5 Å². The van der Waals surface area contributed by atoms with Crippen LogP contribution in [0.4, 0.5) is 5.69 Å². The molecule has 1 aliphatic heterocycles. The fourth-order valence-corrected chi connectivity index (χ4v) is 3.19. The van der Waals surface area contributed by atoms with Crippen molar-refractivity contribution in [3.05, 3.63) is 59.2 Å². The first-order valence-electron chi connectivity index (χ1n) is 9.70. The normalized spacial score (nSPS) is 15.4. The third-order valence-electron chi connectivity index (χ3n) is 4.66.